The maximum atomic E-state index is 13.8. The summed E-state index contributed by atoms with van der Waals surface area (Å²) >= 11 is 0. The number of methoxy groups -OCH3 is 1. The number of rotatable bonds is 8. The summed E-state index contributed by atoms with van der Waals surface area (Å²) in [6, 6.07) is 10.4. The van der Waals surface area contributed by atoms with Gasteiger partial charge in [0.05, 0.1) is 19.3 Å². The van der Waals surface area contributed by atoms with Gasteiger partial charge in [-0.1, -0.05) is 24.3 Å². The van der Waals surface area contributed by atoms with Gasteiger partial charge in [-0.15, -0.1) is 0 Å². The van der Waals surface area contributed by atoms with Gasteiger partial charge >= 0.3 is 12.4 Å². The molecule has 0 aliphatic heterocycles. The van der Waals surface area contributed by atoms with Crippen LogP contribution in [0.2, 0.25) is 0 Å². The van der Waals surface area contributed by atoms with Crippen LogP contribution in [0, 0.1) is 0 Å². The van der Waals surface area contributed by atoms with E-state index in [4.69, 9.17) is 9.47 Å². The fourth-order valence-electron chi connectivity index (χ4n) is 2.70. The minimum absolute atomic E-state index is 0.0592. The quantitative estimate of drug-likeness (QED) is 0.462. The van der Waals surface area contributed by atoms with Gasteiger partial charge in [0.25, 0.3) is 11.6 Å². The van der Waals surface area contributed by atoms with Crippen molar-refractivity contribution in [3.8, 4) is 11.5 Å². The normalized spacial score (nSPS) is 12.4. The molecule has 0 spiro atoms. The largest absolute Gasteiger partial charge is 0.497 e. The topological polar surface area (TPSA) is 59.6 Å². The lowest BCUT2D eigenvalue weighted by atomic mass is 10.1. The maximum Gasteiger partial charge on any atom is 0.434 e. The molecule has 2 N–H and O–H groups in total. The van der Waals surface area contributed by atoms with Gasteiger partial charge in [0, 0.05) is 6.54 Å². The Kier molecular flexibility index (Phi) is 7.42. The Morgan fingerprint density at radius 3 is 2.03 bits per heavy atom. The van der Waals surface area contributed by atoms with E-state index in [1.165, 1.54) is 54.9 Å². The van der Waals surface area contributed by atoms with Gasteiger partial charge in [-0.25, -0.2) is 0 Å². The monoisotopic (exact) mass is 450 g/mol. The Morgan fingerprint density at radius 2 is 1.52 bits per heavy atom. The molecule has 0 aromatic heterocycles. The van der Waals surface area contributed by atoms with Crippen molar-refractivity contribution in [1.29, 1.82) is 0 Å². The molecule has 0 unspecified atom stereocenters. The van der Waals surface area contributed by atoms with Crippen LogP contribution in [0.25, 0.3) is 0 Å². The first-order valence-corrected chi connectivity index (χ1v) is 9.01. The summed E-state index contributed by atoms with van der Waals surface area (Å²) in [5, 5.41) is 2.57. The van der Waals surface area contributed by atoms with Crippen LogP contribution in [0.15, 0.2) is 48.5 Å². The average Bonchev–Trinajstić information content (AvgIpc) is 2.70. The third kappa shape index (κ3) is 5.40. The Balaban J connectivity index is 2.41. The molecule has 0 atom stereocenters. The molecule has 5 nitrogen and oxygen atoms in total. The highest BCUT2D eigenvalue weighted by Crippen LogP contribution is 2.42. The molecule has 0 fully saturated rings. The Morgan fingerprint density at radius 1 is 0.935 bits per heavy atom. The van der Waals surface area contributed by atoms with E-state index in [1.807, 2.05) is 0 Å². The zero-order valence-corrected chi connectivity index (χ0v) is 16.5. The number of benzene rings is 2. The van der Waals surface area contributed by atoms with Crippen LogP contribution < -0.4 is 20.1 Å². The second-order valence-electron chi connectivity index (χ2n) is 6.33. The van der Waals surface area contributed by atoms with Crippen LogP contribution in [-0.4, -0.2) is 37.6 Å². The number of nitrogens with one attached hydrogen (secondary N) is 2. The number of hydrogen-bond donors (Lipinski definition) is 2. The van der Waals surface area contributed by atoms with Gasteiger partial charge in [0.1, 0.15) is 11.5 Å². The second kappa shape index (κ2) is 9.46. The molecule has 0 bridgehead atoms. The van der Waals surface area contributed by atoms with Crippen LogP contribution in [0.1, 0.15) is 22.8 Å². The number of alkyl halides is 6. The van der Waals surface area contributed by atoms with Gasteiger partial charge < -0.3 is 14.8 Å². The molecule has 2 aromatic carbocycles. The lowest BCUT2D eigenvalue weighted by Crippen LogP contribution is -2.75. The van der Waals surface area contributed by atoms with Crippen molar-refractivity contribution in [3.63, 3.8) is 0 Å². The van der Waals surface area contributed by atoms with Crippen LogP contribution in [0.5, 0.6) is 11.5 Å². The van der Waals surface area contributed by atoms with E-state index in [1.54, 1.807) is 6.92 Å². The highest BCUT2D eigenvalue weighted by molar-refractivity contribution is 5.97. The number of carbonyl (C=O) groups is 1. The Bertz CT molecular complexity index is 868. The SMILES string of the molecule is CCOc1ccccc1C(=O)NC(NCc1ccc(OC)cc1)(C(F)(F)F)C(F)(F)F. The summed E-state index contributed by atoms with van der Waals surface area (Å²) in [5.74, 6) is -1.36. The summed E-state index contributed by atoms with van der Waals surface area (Å²) in [4.78, 5) is 12.5. The van der Waals surface area contributed by atoms with Crippen LogP contribution in [-0.2, 0) is 6.54 Å². The maximum absolute atomic E-state index is 13.8. The second-order valence-corrected chi connectivity index (χ2v) is 6.33. The zero-order valence-electron chi connectivity index (χ0n) is 16.5. The summed E-state index contributed by atoms with van der Waals surface area (Å²) in [6.45, 7) is 0.779. The van der Waals surface area contributed by atoms with Gasteiger partial charge in [-0.3, -0.25) is 10.1 Å². The Hall–Kier alpha value is -2.95. The standard InChI is InChI=1S/C20H20F6N2O3/c1-3-31-16-7-5-4-6-15(16)17(29)28-18(19(21,22)23,20(24,25)26)27-12-13-8-10-14(30-2)11-9-13/h4-11,27H,3,12H2,1-2H3,(H,28,29). The van der Waals surface area contributed by atoms with E-state index in [0.717, 1.165) is 11.4 Å². The first-order valence-electron chi connectivity index (χ1n) is 9.01. The fourth-order valence-corrected chi connectivity index (χ4v) is 2.70. The van der Waals surface area contributed by atoms with Crippen molar-refractivity contribution >= 4 is 5.91 Å². The molecule has 1 amide bonds. The predicted molar refractivity (Wildman–Crippen MR) is 99.8 cm³/mol. The van der Waals surface area contributed by atoms with Crippen molar-refractivity contribution in [2.24, 2.45) is 0 Å². The first-order chi connectivity index (χ1) is 14.4. The molecule has 170 valence electrons. The number of ether oxygens (including phenoxy) is 2. The third-order valence-electron chi connectivity index (χ3n) is 4.30. The van der Waals surface area contributed by atoms with E-state index in [0.29, 0.717) is 5.75 Å². The van der Waals surface area contributed by atoms with Crippen molar-refractivity contribution < 1.29 is 40.6 Å². The number of halogens is 6. The predicted octanol–water partition coefficient (Wildman–Crippen LogP) is 4.43. The van der Waals surface area contributed by atoms with Crippen molar-refractivity contribution in [2.45, 2.75) is 31.5 Å². The average molecular weight is 450 g/mol. The highest BCUT2D eigenvalue weighted by Gasteiger charge is 2.72. The number of amides is 1. The minimum Gasteiger partial charge on any atom is -0.497 e. The summed E-state index contributed by atoms with van der Waals surface area (Å²) < 4.78 is 92.7. The summed E-state index contributed by atoms with van der Waals surface area (Å²) in [6.07, 6.45) is -11.8. The van der Waals surface area contributed by atoms with Gasteiger partial charge in [0.15, 0.2) is 0 Å². The van der Waals surface area contributed by atoms with Crippen LogP contribution in [0.3, 0.4) is 0 Å². The van der Waals surface area contributed by atoms with E-state index in [9.17, 15) is 31.1 Å². The Labute approximate surface area is 174 Å². The van der Waals surface area contributed by atoms with E-state index < -0.39 is 36.0 Å². The first kappa shape index (κ1) is 24.3. The van der Waals surface area contributed by atoms with Gasteiger partial charge in [-0.2, -0.15) is 26.3 Å². The van der Waals surface area contributed by atoms with Crippen molar-refractivity contribution in [1.82, 2.24) is 10.6 Å². The lowest BCUT2D eigenvalue weighted by Gasteiger charge is -2.38. The summed E-state index contributed by atoms with van der Waals surface area (Å²) in [7, 11) is 1.36. The summed E-state index contributed by atoms with van der Waals surface area (Å²) in [5.41, 5.74) is -5.05. The molecule has 2 aromatic rings. The molecule has 0 saturated heterocycles. The van der Waals surface area contributed by atoms with E-state index >= 15 is 0 Å². The number of para-hydroxylation sites is 1. The number of hydrogen-bond acceptors (Lipinski definition) is 4. The molecule has 0 aliphatic rings. The minimum atomic E-state index is -5.91. The number of carbonyl (C=O) groups excluding carboxylic acids is 1. The molecule has 11 heteroatoms. The van der Waals surface area contributed by atoms with E-state index in [-0.39, 0.29) is 17.9 Å². The molecule has 0 heterocycles. The molecule has 31 heavy (non-hydrogen) atoms. The molecule has 0 radical (unpaired) electrons. The molecular weight excluding hydrogens is 430 g/mol. The highest BCUT2D eigenvalue weighted by atomic mass is 19.4. The smallest absolute Gasteiger partial charge is 0.434 e. The fraction of sp³-hybridized carbons (Fsp3) is 0.350. The van der Waals surface area contributed by atoms with Gasteiger partial charge in [-0.05, 0) is 36.8 Å². The van der Waals surface area contributed by atoms with Crippen molar-refractivity contribution in [2.75, 3.05) is 13.7 Å². The lowest BCUT2D eigenvalue weighted by molar-refractivity contribution is -0.314. The van der Waals surface area contributed by atoms with Crippen LogP contribution >= 0.6 is 0 Å². The van der Waals surface area contributed by atoms with Crippen LogP contribution in [0.4, 0.5) is 26.3 Å². The zero-order chi connectivity index (χ0) is 23.3. The molecule has 0 saturated carbocycles. The van der Waals surface area contributed by atoms with E-state index in [2.05, 4.69) is 0 Å². The molecular formula is C20H20F6N2O3. The molecule has 0 aliphatic carbocycles. The van der Waals surface area contributed by atoms with Crippen molar-refractivity contribution in [3.05, 3.63) is 59.7 Å². The third-order valence-corrected chi connectivity index (χ3v) is 4.30. The molecule has 2 rings (SSSR count). The van der Waals surface area contributed by atoms with Gasteiger partial charge in [0.2, 0.25) is 0 Å².